The minimum absolute atomic E-state index is 0.130. The molecule has 2 N–H and O–H groups in total. The molecule has 7 heteroatoms. The van der Waals surface area contributed by atoms with Crippen molar-refractivity contribution in [3.05, 3.63) is 63.6 Å². The lowest BCUT2D eigenvalue weighted by Crippen LogP contribution is -3.06. The summed E-state index contributed by atoms with van der Waals surface area (Å²) < 4.78 is 11.0. The molecular weight excluding hydrogens is 338 g/mol. The Hall–Kier alpha value is -2.64. The Kier molecular flexibility index (Phi) is 4.03. The molecule has 0 aliphatic heterocycles. The molecule has 0 bridgehead atoms. The van der Waals surface area contributed by atoms with Crippen LogP contribution in [0.4, 0.5) is 0 Å². The van der Waals surface area contributed by atoms with E-state index in [9.17, 15) is 4.79 Å². The highest BCUT2D eigenvalue weighted by molar-refractivity contribution is 7.17. The summed E-state index contributed by atoms with van der Waals surface area (Å²) in [5, 5.41) is 2.50. The Bertz CT molecular complexity index is 1060. The first-order valence-electron chi connectivity index (χ1n) is 8.01. The van der Waals surface area contributed by atoms with Gasteiger partial charge >= 0.3 is 0 Å². The number of rotatable bonds is 5. The van der Waals surface area contributed by atoms with Gasteiger partial charge in [0.1, 0.15) is 29.4 Å². The number of aromatic amines is 1. The summed E-state index contributed by atoms with van der Waals surface area (Å²) in [6, 6.07) is 7.59. The second-order valence-corrected chi connectivity index (χ2v) is 7.00. The monoisotopic (exact) mass is 356 g/mol. The molecule has 4 aromatic rings. The van der Waals surface area contributed by atoms with Crippen LogP contribution >= 0.6 is 11.3 Å². The molecule has 128 valence electrons. The maximum atomic E-state index is 12.6. The van der Waals surface area contributed by atoms with Gasteiger partial charge in [-0.25, -0.2) is 4.98 Å². The minimum Gasteiger partial charge on any atom is -0.464 e. The number of hydrogen-bond acceptors (Lipinski definition) is 5. The van der Waals surface area contributed by atoms with Crippen molar-refractivity contribution in [1.29, 1.82) is 0 Å². The zero-order valence-electron chi connectivity index (χ0n) is 14.0. The van der Waals surface area contributed by atoms with Crippen molar-refractivity contribution >= 4 is 21.6 Å². The predicted octanol–water partition coefficient (Wildman–Crippen LogP) is 2.36. The van der Waals surface area contributed by atoms with Crippen LogP contribution in [0.3, 0.4) is 0 Å². The molecular formula is C18H18N3O3S+. The summed E-state index contributed by atoms with van der Waals surface area (Å²) in [6.45, 7) is 3.27. The Labute approximate surface area is 147 Å². The van der Waals surface area contributed by atoms with Crippen LogP contribution in [0.1, 0.15) is 17.3 Å². The number of quaternary nitrogens is 1. The smallest absolute Gasteiger partial charge is 0.260 e. The van der Waals surface area contributed by atoms with Gasteiger partial charge in [-0.2, -0.15) is 0 Å². The highest BCUT2D eigenvalue weighted by atomic mass is 32.1. The lowest BCUT2D eigenvalue weighted by Gasteiger charge is -2.11. The van der Waals surface area contributed by atoms with Crippen molar-refractivity contribution in [2.45, 2.75) is 20.0 Å². The maximum absolute atomic E-state index is 12.6. The summed E-state index contributed by atoms with van der Waals surface area (Å²) in [6.07, 6.45) is 1.60. The van der Waals surface area contributed by atoms with E-state index in [4.69, 9.17) is 8.83 Å². The fraction of sp³-hybridized carbons (Fsp3) is 0.222. The zero-order valence-corrected chi connectivity index (χ0v) is 14.8. The summed E-state index contributed by atoms with van der Waals surface area (Å²) in [5.41, 5.74) is 0.659. The maximum Gasteiger partial charge on any atom is 0.260 e. The van der Waals surface area contributed by atoms with Crippen molar-refractivity contribution < 1.29 is 13.7 Å². The van der Waals surface area contributed by atoms with E-state index in [-0.39, 0.29) is 5.56 Å². The van der Waals surface area contributed by atoms with Crippen molar-refractivity contribution in [2.24, 2.45) is 0 Å². The molecule has 4 heterocycles. The average molecular weight is 356 g/mol. The van der Waals surface area contributed by atoms with E-state index in [1.165, 1.54) is 16.2 Å². The Morgan fingerprint density at radius 3 is 2.88 bits per heavy atom. The number of nitrogens with one attached hydrogen (secondary N) is 2. The van der Waals surface area contributed by atoms with Gasteiger partial charge in [-0.1, -0.05) is 0 Å². The number of nitrogens with zero attached hydrogens (tertiary/aromatic N) is 1. The van der Waals surface area contributed by atoms with E-state index >= 15 is 0 Å². The SMILES string of the molecule is Cc1ccc(C[NH+](C)Cc2nc3scc(-c4ccco4)c3c(=O)[nH]2)o1. The molecule has 4 aromatic heterocycles. The topological polar surface area (TPSA) is 76.5 Å². The third kappa shape index (κ3) is 3.16. The molecule has 0 aliphatic rings. The summed E-state index contributed by atoms with van der Waals surface area (Å²) in [7, 11) is 2.05. The number of H-pyrrole nitrogens is 1. The first kappa shape index (κ1) is 15.9. The molecule has 0 fully saturated rings. The summed E-state index contributed by atoms with van der Waals surface area (Å²) >= 11 is 1.46. The van der Waals surface area contributed by atoms with E-state index in [1.807, 2.05) is 43.6 Å². The minimum atomic E-state index is -0.130. The second kappa shape index (κ2) is 6.34. The van der Waals surface area contributed by atoms with E-state index in [0.29, 0.717) is 23.5 Å². The molecule has 0 radical (unpaired) electrons. The standard InChI is InChI=1S/C18H17N3O3S/c1-11-5-6-12(24-11)8-21(2)9-15-19-17(22)16-13(10-25-18(16)20-15)14-4-3-7-23-14/h3-7,10H,8-9H2,1-2H3,(H,19,20,22)/p+1. The molecule has 1 atom stereocenters. The molecule has 1 unspecified atom stereocenters. The van der Waals surface area contributed by atoms with Gasteiger partial charge in [-0.15, -0.1) is 11.3 Å². The highest BCUT2D eigenvalue weighted by Gasteiger charge is 2.16. The van der Waals surface area contributed by atoms with Gasteiger partial charge in [0.15, 0.2) is 11.6 Å². The van der Waals surface area contributed by atoms with E-state index in [2.05, 4.69) is 9.97 Å². The summed E-state index contributed by atoms with van der Waals surface area (Å²) in [5.74, 6) is 3.18. The Morgan fingerprint density at radius 2 is 2.16 bits per heavy atom. The molecule has 0 aromatic carbocycles. The molecule has 25 heavy (non-hydrogen) atoms. The van der Waals surface area contributed by atoms with Crippen molar-refractivity contribution in [3.8, 4) is 11.3 Å². The predicted molar refractivity (Wildman–Crippen MR) is 95.7 cm³/mol. The Balaban J connectivity index is 1.60. The van der Waals surface area contributed by atoms with Gasteiger partial charge in [0.2, 0.25) is 0 Å². The lowest BCUT2D eigenvalue weighted by atomic mass is 10.2. The van der Waals surface area contributed by atoms with Gasteiger partial charge in [0.05, 0.1) is 18.7 Å². The molecule has 0 amide bonds. The largest absolute Gasteiger partial charge is 0.464 e. The van der Waals surface area contributed by atoms with Crippen LogP contribution in [0.2, 0.25) is 0 Å². The van der Waals surface area contributed by atoms with Gasteiger partial charge in [-0.3, -0.25) is 4.79 Å². The average Bonchev–Trinajstić information content (AvgIpc) is 3.27. The lowest BCUT2D eigenvalue weighted by molar-refractivity contribution is -0.909. The van der Waals surface area contributed by atoms with Crippen molar-refractivity contribution in [2.75, 3.05) is 7.05 Å². The first-order chi connectivity index (χ1) is 12.1. The molecule has 6 nitrogen and oxygen atoms in total. The Morgan fingerprint density at radius 1 is 1.28 bits per heavy atom. The summed E-state index contributed by atoms with van der Waals surface area (Å²) in [4.78, 5) is 22.0. The van der Waals surface area contributed by atoms with Crippen LogP contribution in [-0.2, 0) is 13.1 Å². The van der Waals surface area contributed by atoms with E-state index < -0.39 is 0 Å². The van der Waals surface area contributed by atoms with Crippen LogP contribution in [0, 0.1) is 6.92 Å². The molecule has 0 spiro atoms. The zero-order chi connectivity index (χ0) is 17.4. The van der Waals surface area contributed by atoms with Gasteiger partial charge in [-0.05, 0) is 31.2 Å². The first-order valence-corrected chi connectivity index (χ1v) is 8.89. The number of hydrogen-bond donors (Lipinski definition) is 2. The molecule has 0 aliphatic carbocycles. The van der Waals surface area contributed by atoms with Crippen molar-refractivity contribution in [1.82, 2.24) is 9.97 Å². The highest BCUT2D eigenvalue weighted by Crippen LogP contribution is 2.30. The van der Waals surface area contributed by atoms with Crippen LogP contribution in [0.15, 0.2) is 49.5 Å². The number of furan rings is 2. The van der Waals surface area contributed by atoms with Crippen molar-refractivity contribution in [3.63, 3.8) is 0 Å². The van der Waals surface area contributed by atoms with Gasteiger partial charge in [0.25, 0.3) is 5.56 Å². The molecule has 0 saturated carbocycles. The quantitative estimate of drug-likeness (QED) is 0.576. The van der Waals surface area contributed by atoms with E-state index in [1.54, 1.807) is 6.26 Å². The third-order valence-corrected chi connectivity index (χ3v) is 4.89. The van der Waals surface area contributed by atoms with Gasteiger partial charge < -0.3 is 18.7 Å². The molecule has 0 saturated heterocycles. The normalized spacial score (nSPS) is 12.7. The molecule has 4 rings (SSSR count). The number of thiophene rings is 1. The third-order valence-electron chi connectivity index (χ3n) is 4.02. The van der Waals surface area contributed by atoms with Crippen LogP contribution in [0.5, 0.6) is 0 Å². The fourth-order valence-electron chi connectivity index (χ4n) is 2.92. The van der Waals surface area contributed by atoms with Gasteiger partial charge in [0, 0.05) is 10.9 Å². The number of fused-ring (bicyclic) bond motifs is 1. The van der Waals surface area contributed by atoms with Crippen LogP contribution in [-0.4, -0.2) is 17.0 Å². The number of aryl methyl sites for hydroxylation is 1. The van der Waals surface area contributed by atoms with Crippen LogP contribution < -0.4 is 10.5 Å². The van der Waals surface area contributed by atoms with Crippen LogP contribution in [0.25, 0.3) is 21.5 Å². The second-order valence-electron chi connectivity index (χ2n) is 6.14. The van der Waals surface area contributed by atoms with E-state index in [0.717, 1.165) is 28.5 Å². The fourth-order valence-corrected chi connectivity index (χ4v) is 3.86. The number of aromatic nitrogens is 2.